The predicted octanol–water partition coefficient (Wildman–Crippen LogP) is 0.343. The van der Waals surface area contributed by atoms with Gasteiger partial charge in [-0.05, 0) is 5.56 Å². The Morgan fingerprint density at radius 3 is 2.46 bits per heavy atom. The smallest absolute Gasteiger partial charge is 0.228 e. The molecule has 0 saturated carbocycles. The van der Waals surface area contributed by atoms with E-state index in [1.54, 1.807) is 11.9 Å². The molecule has 1 N–H and O–H groups in total. The zero-order chi connectivity index (χ0) is 17.1. The Hall–Kier alpha value is -1.92. The number of hydrogen-bond acceptors (Lipinski definition) is 4. The summed E-state index contributed by atoms with van der Waals surface area (Å²) in [4.78, 5) is 29.8. The van der Waals surface area contributed by atoms with E-state index in [9.17, 15) is 14.7 Å². The van der Waals surface area contributed by atoms with Gasteiger partial charge in [-0.1, -0.05) is 30.3 Å². The first-order valence-corrected chi connectivity index (χ1v) is 8.52. The van der Waals surface area contributed by atoms with E-state index in [4.69, 9.17) is 0 Å². The lowest BCUT2D eigenvalue weighted by Gasteiger charge is -2.36. The van der Waals surface area contributed by atoms with Crippen LogP contribution < -0.4 is 0 Å². The monoisotopic (exact) mass is 331 g/mol. The van der Waals surface area contributed by atoms with E-state index in [0.29, 0.717) is 32.6 Å². The Morgan fingerprint density at radius 2 is 1.88 bits per heavy atom. The van der Waals surface area contributed by atoms with E-state index in [0.717, 1.165) is 18.7 Å². The summed E-state index contributed by atoms with van der Waals surface area (Å²) in [6.45, 7) is 3.95. The lowest BCUT2D eigenvalue weighted by molar-refractivity contribution is -0.137. The molecule has 0 aliphatic carbocycles. The quantitative estimate of drug-likeness (QED) is 0.864. The number of aliphatic hydroxyl groups excluding tert-OH is 1. The highest BCUT2D eigenvalue weighted by Gasteiger charge is 2.35. The largest absolute Gasteiger partial charge is 0.387 e. The van der Waals surface area contributed by atoms with Crippen molar-refractivity contribution in [3.05, 3.63) is 35.9 Å². The highest BCUT2D eigenvalue weighted by atomic mass is 16.3. The van der Waals surface area contributed by atoms with E-state index in [-0.39, 0.29) is 17.7 Å². The molecule has 2 aliphatic rings. The van der Waals surface area contributed by atoms with Gasteiger partial charge in [0, 0.05) is 52.7 Å². The molecule has 0 spiro atoms. The number of carbonyl (C=O) groups is 2. The molecule has 6 nitrogen and oxygen atoms in total. The van der Waals surface area contributed by atoms with Gasteiger partial charge in [-0.3, -0.25) is 14.5 Å². The number of piperazine rings is 1. The van der Waals surface area contributed by atoms with Crippen LogP contribution in [0, 0.1) is 5.92 Å². The average molecular weight is 331 g/mol. The van der Waals surface area contributed by atoms with Crippen molar-refractivity contribution in [3.8, 4) is 0 Å². The van der Waals surface area contributed by atoms with Crippen molar-refractivity contribution in [2.24, 2.45) is 5.92 Å². The first-order valence-electron chi connectivity index (χ1n) is 8.52. The van der Waals surface area contributed by atoms with Gasteiger partial charge in [0.05, 0.1) is 12.0 Å². The van der Waals surface area contributed by atoms with Crippen LogP contribution in [-0.2, 0) is 9.59 Å². The molecule has 1 aromatic rings. The first-order chi connectivity index (χ1) is 11.5. The van der Waals surface area contributed by atoms with Gasteiger partial charge >= 0.3 is 0 Å². The van der Waals surface area contributed by atoms with Gasteiger partial charge in [-0.2, -0.15) is 0 Å². The Kier molecular flexibility index (Phi) is 5.16. The molecule has 2 aliphatic heterocycles. The Bertz CT molecular complexity index is 584. The second-order valence-electron chi connectivity index (χ2n) is 6.73. The minimum Gasteiger partial charge on any atom is -0.387 e. The average Bonchev–Trinajstić information content (AvgIpc) is 2.95. The number of amides is 2. The van der Waals surface area contributed by atoms with Crippen LogP contribution in [0.2, 0.25) is 0 Å². The molecule has 0 bridgehead atoms. The van der Waals surface area contributed by atoms with Gasteiger partial charge in [0.25, 0.3) is 0 Å². The fourth-order valence-electron chi connectivity index (χ4n) is 3.46. The van der Waals surface area contributed by atoms with Gasteiger partial charge in [0.1, 0.15) is 0 Å². The van der Waals surface area contributed by atoms with Crippen LogP contribution in [0.15, 0.2) is 30.3 Å². The van der Waals surface area contributed by atoms with Crippen molar-refractivity contribution in [1.29, 1.82) is 0 Å². The third-order valence-electron chi connectivity index (χ3n) is 4.99. The molecule has 2 amide bonds. The molecule has 130 valence electrons. The van der Waals surface area contributed by atoms with E-state index < -0.39 is 6.10 Å². The van der Waals surface area contributed by atoms with E-state index in [1.165, 1.54) is 0 Å². The van der Waals surface area contributed by atoms with E-state index in [1.807, 2.05) is 35.2 Å². The summed E-state index contributed by atoms with van der Waals surface area (Å²) in [6, 6.07) is 9.64. The predicted molar refractivity (Wildman–Crippen MR) is 90.2 cm³/mol. The molecule has 2 atom stereocenters. The van der Waals surface area contributed by atoms with Crippen LogP contribution in [0.3, 0.4) is 0 Å². The number of likely N-dealkylation sites (tertiary alicyclic amines) is 1. The molecule has 3 rings (SSSR count). The first kappa shape index (κ1) is 16.9. The van der Waals surface area contributed by atoms with Gasteiger partial charge < -0.3 is 14.9 Å². The molecule has 2 fully saturated rings. The van der Waals surface area contributed by atoms with E-state index in [2.05, 4.69) is 4.90 Å². The van der Waals surface area contributed by atoms with Crippen LogP contribution in [0.4, 0.5) is 0 Å². The number of rotatable bonds is 4. The fourth-order valence-corrected chi connectivity index (χ4v) is 3.46. The zero-order valence-corrected chi connectivity index (χ0v) is 14.1. The summed E-state index contributed by atoms with van der Waals surface area (Å²) in [7, 11) is 1.75. The van der Waals surface area contributed by atoms with Crippen LogP contribution in [0.1, 0.15) is 18.1 Å². The topological polar surface area (TPSA) is 64.1 Å². The van der Waals surface area contributed by atoms with Gasteiger partial charge in [-0.15, -0.1) is 0 Å². The lowest BCUT2D eigenvalue weighted by atomic mass is 10.1. The van der Waals surface area contributed by atoms with Crippen molar-refractivity contribution < 1.29 is 14.7 Å². The summed E-state index contributed by atoms with van der Waals surface area (Å²) < 4.78 is 0. The van der Waals surface area contributed by atoms with Crippen molar-refractivity contribution in [1.82, 2.24) is 14.7 Å². The summed E-state index contributed by atoms with van der Waals surface area (Å²) in [5.41, 5.74) is 0.920. The van der Waals surface area contributed by atoms with E-state index >= 15 is 0 Å². The van der Waals surface area contributed by atoms with Crippen molar-refractivity contribution in [3.63, 3.8) is 0 Å². The highest BCUT2D eigenvalue weighted by molar-refractivity contribution is 5.89. The Morgan fingerprint density at radius 1 is 1.21 bits per heavy atom. The number of β-amino-alcohol motifs (C(OH)–C–C–N with tert-alkyl or cyclic N) is 1. The summed E-state index contributed by atoms with van der Waals surface area (Å²) >= 11 is 0. The SMILES string of the molecule is CN1C[C@H](C(=O)N2CCN(C[C@@H](O)c3ccccc3)CC2)CC1=O. The minimum atomic E-state index is -0.505. The molecule has 2 saturated heterocycles. The number of carbonyl (C=O) groups excluding carboxylic acids is 2. The van der Waals surface area contributed by atoms with Gasteiger partial charge in [0.15, 0.2) is 0 Å². The number of benzene rings is 1. The van der Waals surface area contributed by atoms with Crippen LogP contribution in [0.25, 0.3) is 0 Å². The molecule has 0 unspecified atom stereocenters. The number of nitrogens with zero attached hydrogens (tertiary/aromatic N) is 3. The summed E-state index contributed by atoms with van der Waals surface area (Å²) in [5, 5.41) is 10.3. The lowest BCUT2D eigenvalue weighted by Crippen LogP contribution is -2.51. The van der Waals surface area contributed by atoms with Crippen LogP contribution in [-0.4, -0.2) is 77.9 Å². The molecule has 0 aromatic heterocycles. The third-order valence-corrected chi connectivity index (χ3v) is 4.99. The molecule has 0 radical (unpaired) electrons. The normalized spacial score (nSPS) is 23.6. The van der Waals surface area contributed by atoms with Gasteiger partial charge in [-0.25, -0.2) is 0 Å². The second-order valence-corrected chi connectivity index (χ2v) is 6.73. The third kappa shape index (κ3) is 3.76. The summed E-state index contributed by atoms with van der Waals surface area (Å²) in [6.07, 6.45) is -0.169. The standard InChI is InChI=1S/C18H25N3O3/c1-19-12-15(11-17(19)23)18(24)21-9-7-20(8-10-21)13-16(22)14-5-3-2-4-6-14/h2-6,15-16,22H,7-13H2,1H3/t15-,16-/m1/s1. The second kappa shape index (κ2) is 7.32. The zero-order valence-electron chi connectivity index (χ0n) is 14.1. The summed E-state index contributed by atoms with van der Waals surface area (Å²) in [5.74, 6) is -0.0436. The molecule has 24 heavy (non-hydrogen) atoms. The highest BCUT2D eigenvalue weighted by Crippen LogP contribution is 2.20. The van der Waals surface area contributed by atoms with Gasteiger partial charge in [0.2, 0.25) is 11.8 Å². The molecular weight excluding hydrogens is 306 g/mol. The number of aliphatic hydroxyl groups is 1. The maximum atomic E-state index is 12.5. The van der Waals surface area contributed by atoms with Crippen molar-refractivity contribution >= 4 is 11.8 Å². The maximum absolute atomic E-state index is 12.5. The Balaban J connectivity index is 1.47. The molecule has 1 aromatic carbocycles. The van der Waals surface area contributed by atoms with Crippen molar-refractivity contribution in [2.45, 2.75) is 12.5 Å². The minimum absolute atomic E-state index is 0.0537. The molecule has 6 heteroatoms. The fraction of sp³-hybridized carbons (Fsp3) is 0.556. The molecular formula is C18H25N3O3. The number of hydrogen-bond donors (Lipinski definition) is 1. The van der Waals surface area contributed by atoms with Crippen LogP contribution >= 0.6 is 0 Å². The van der Waals surface area contributed by atoms with Crippen molar-refractivity contribution in [2.75, 3.05) is 46.3 Å². The Labute approximate surface area is 142 Å². The maximum Gasteiger partial charge on any atom is 0.228 e. The molecule has 2 heterocycles. The van der Waals surface area contributed by atoms with Crippen LogP contribution in [0.5, 0.6) is 0 Å².